The van der Waals surface area contributed by atoms with Gasteiger partial charge in [0.05, 0.1) is 18.5 Å². The molecule has 0 radical (unpaired) electrons. The van der Waals surface area contributed by atoms with Crippen molar-refractivity contribution < 1.29 is 14.3 Å². The van der Waals surface area contributed by atoms with E-state index in [2.05, 4.69) is 10.2 Å². The minimum absolute atomic E-state index is 0.170. The molecule has 1 aromatic heterocycles. The summed E-state index contributed by atoms with van der Waals surface area (Å²) in [6.45, 7) is 2.25. The van der Waals surface area contributed by atoms with Crippen molar-refractivity contribution in [1.29, 1.82) is 0 Å². The smallest absolute Gasteiger partial charge is 0.328 e. The first-order valence-electron chi connectivity index (χ1n) is 5.75. The van der Waals surface area contributed by atoms with Gasteiger partial charge in [-0.15, -0.1) is 0 Å². The summed E-state index contributed by atoms with van der Waals surface area (Å²) in [7, 11) is 1.32. The molecule has 0 saturated carbocycles. The van der Waals surface area contributed by atoms with Gasteiger partial charge in [-0.2, -0.15) is 5.10 Å². The molecule has 18 heavy (non-hydrogen) atoms. The van der Waals surface area contributed by atoms with E-state index in [0.29, 0.717) is 24.3 Å². The van der Waals surface area contributed by atoms with Gasteiger partial charge in [0.25, 0.3) is 5.91 Å². The third-order valence-electron chi connectivity index (χ3n) is 3.18. The Kier molecular flexibility index (Phi) is 3.22. The number of nitrogens with two attached hydrogens (primary N) is 1. The monoisotopic (exact) mass is 252 g/mol. The summed E-state index contributed by atoms with van der Waals surface area (Å²) in [5.41, 5.74) is 6.91. The van der Waals surface area contributed by atoms with E-state index in [9.17, 15) is 9.59 Å². The zero-order valence-electron chi connectivity index (χ0n) is 10.4. The number of nitrogens with one attached hydrogen (secondary N) is 1. The van der Waals surface area contributed by atoms with Gasteiger partial charge in [0.1, 0.15) is 6.04 Å². The van der Waals surface area contributed by atoms with E-state index in [0.717, 1.165) is 6.42 Å². The molecule has 7 nitrogen and oxygen atoms in total. The fraction of sp³-hybridized carbons (Fsp3) is 0.545. The largest absolute Gasteiger partial charge is 0.467 e. The SMILES string of the molecule is COC(=O)C1CCCN1C(=O)c1n[nH]c(C)c1N. The quantitative estimate of drug-likeness (QED) is 0.726. The minimum Gasteiger partial charge on any atom is -0.467 e. The molecule has 1 atom stereocenters. The Hall–Kier alpha value is -2.05. The highest BCUT2D eigenvalue weighted by atomic mass is 16.5. The number of hydrogen-bond acceptors (Lipinski definition) is 5. The number of nitrogens with zero attached hydrogens (tertiary/aromatic N) is 2. The Balaban J connectivity index is 2.23. The number of methoxy groups -OCH3 is 1. The van der Waals surface area contributed by atoms with Crippen LogP contribution in [-0.2, 0) is 9.53 Å². The average Bonchev–Trinajstić information content (AvgIpc) is 2.96. The van der Waals surface area contributed by atoms with Crippen molar-refractivity contribution in [3.63, 3.8) is 0 Å². The summed E-state index contributed by atoms with van der Waals surface area (Å²) >= 11 is 0. The lowest BCUT2D eigenvalue weighted by Gasteiger charge is -2.21. The molecular weight excluding hydrogens is 236 g/mol. The van der Waals surface area contributed by atoms with Gasteiger partial charge in [0.15, 0.2) is 5.69 Å². The molecular formula is C11H16N4O3. The standard InChI is InChI=1S/C11H16N4O3/c1-6-8(12)9(14-13-6)10(16)15-5-3-4-7(15)11(17)18-2/h7H,3-5,12H2,1-2H3,(H,13,14). The molecule has 98 valence electrons. The van der Waals surface area contributed by atoms with Gasteiger partial charge >= 0.3 is 5.97 Å². The van der Waals surface area contributed by atoms with Gasteiger partial charge in [0, 0.05) is 6.54 Å². The number of aromatic amines is 1. The van der Waals surface area contributed by atoms with Crippen LogP contribution in [0.5, 0.6) is 0 Å². The minimum atomic E-state index is -0.529. The van der Waals surface area contributed by atoms with E-state index >= 15 is 0 Å². The molecule has 1 aliphatic heterocycles. The molecule has 1 unspecified atom stereocenters. The number of H-pyrrole nitrogens is 1. The molecule has 1 amide bonds. The Morgan fingerprint density at radius 3 is 2.83 bits per heavy atom. The highest BCUT2D eigenvalue weighted by Crippen LogP contribution is 2.23. The molecule has 3 N–H and O–H groups in total. The summed E-state index contributed by atoms with van der Waals surface area (Å²) in [5, 5.41) is 6.55. The molecule has 1 fully saturated rings. The van der Waals surface area contributed by atoms with Gasteiger partial charge in [-0.1, -0.05) is 0 Å². The number of ether oxygens (including phenoxy) is 1. The Bertz CT molecular complexity index is 483. The molecule has 1 aromatic rings. The normalized spacial score (nSPS) is 19.0. The number of carbonyl (C=O) groups excluding carboxylic acids is 2. The number of aromatic nitrogens is 2. The summed E-state index contributed by atoms with van der Waals surface area (Å²) in [5.74, 6) is -0.726. The Labute approximate surface area is 104 Å². The molecule has 7 heteroatoms. The number of anilines is 1. The summed E-state index contributed by atoms with van der Waals surface area (Å²) in [6.07, 6.45) is 1.39. The van der Waals surface area contributed by atoms with Crippen molar-refractivity contribution in [1.82, 2.24) is 15.1 Å². The molecule has 1 saturated heterocycles. The predicted octanol–water partition coefficient (Wildman–Crippen LogP) is 0.0779. The van der Waals surface area contributed by atoms with Crippen molar-refractivity contribution in [2.75, 3.05) is 19.4 Å². The van der Waals surface area contributed by atoms with Gasteiger partial charge in [-0.05, 0) is 19.8 Å². The first-order valence-corrected chi connectivity index (χ1v) is 5.75. The average molecular weight is 252 g/mol. The lowest BCUT2D eigenvalue weighted by atomic mass is 10.2. The van der Waals surface area contributed by atoms with Crippen LogP contribution in [0.4, 0.5) is 5.69 Å². The van der Waals surface area contributed by atoms with E-state index < -0.39 is 12.0 Å². The number of hydrogen-bond donors (Lipinski definition) is 2. The molecule has 0 spiro atoms. The maximum atomic E-state index is 12.3. The maximum Gasteiger partial charge on any atom is 0.328 e. The molecule has 0 aliphatic carbocycles. The van der Waals surface area contributed by atoms with Crippen LogP contribution in [0.15, 0.2) is 0 Å². The summed E-state index contributed by atoms with van der Waals surface area (Å²) < 4.78 is 4.69. The van der Waals surface area contributed by atoms with Crippen molar-refractivity contribution >= 4 is 17.6 Å². The zero-order chi connectivity index (χ0) is 13.3. The molecule has 0 aromatic carbocycles. The predicted molar refractivity (Wildman–Crippen MR) is 63.8 cm³/mol. The lowest BCUT2D eigenvalue weighted by Crippen LogP contribution is -2.41. The third kappa shape index (κ3) is 1.92. The van der Waals surface area contributed by atoms with E-state index in [4.69, 9.17) is 10.5 Å². The van der Waals surface area contributed by atoms with E-state index in [1.54, 1.807) is 6.92 Å². The van der Waals surface area contributed by atoms with Crippen LogP contribution >= 0.6 is 0 Å². The second-order valence-electron chi connectivity index (χ2n) is 4.29. The zero-order valence-corrected chi connectivity index (χ0v) is 10.4. The third-order valence-corrected chi connectivity index (χ3v) is 3.18. The number of aryl methyl sites for hydroxylation is 1. The first kappa shape index (κ1) is 12.4. The van der Waals surface area contributed by atoms with E-state index in [-0.39, 0.29) is 11.6 Å². The number of nitrogen functional groups attached to an aromatic ring is 1. The second-order valence-corrected chi connectivity index (χ2v) is 4.29. The van der Waals surface area contributed by atoms with Crippen LogP contribution < -0.4 is 5.73 Å². The van der Waals surface area contributed by atoms with E-state index in [1.807, 2.05) is 0 Å². The Morgan fingerprint density at radius 2 is 2.28 bits per heavy atom. The Morgan fingerprint density at radius 1 is 1.56 bits per heavy atom. The van der Waals surface area contributed by atoms with E-state index in [1.165, 1.54) is 12.0 Å². The number of esters is 1. The molecule has 1 aliphatic rings. The van der Waals surface area contributed by atoms with Crippen LogP contribution in [0.25, 0.3) is 0 Å². The van der Waals surface area contributed by atoms with Crippen LogP contribution in [0, 0.1) is 6.92 Å². The van der Waals surface area contributed by atoms with Gasteiger partial charge in [0.2, 0.25) is 0 Å². The molecule has 0 bridgehead atoms. The maximum absolute atomic E-state index is 12.3. The van der Waals surface area contributed by atoms with Crippen molar-refractivity contribution in [3.8, 4) is 0 Å². The van der Waals surface area contributed by atoms with Gasteiger partial charge in [-0.3, -0.25) is 9.89 Å². The molecule has 2 heterocycles. The van der Waals surface area contributed by atoms with Gasteiger partial charge < -0.3 is 15.4 Å². The molecule has 2 rings (SSSR count). The fourth-order valence-corrected chi connectivity index (χ4v) is 2.13. The summed E-state index contributed by atoms with van der Waals surface area (Å²) in [6, 6.07) is -0.529. The van der Waals surface area contributed by atoms with Crippen LogP contribution in [0.2, 0.25) is 0 Å². The van der Waals surface area contributed by atoms with Crippen LogP contribution in [0.3, 0.4) is 0 Å². The number of rotatable bonds is 2. The number of likely N-dealkylation sites (tertiary alicyclic amines) is 1. The van der Waals surface area contributed by atoms with Crippen molar-refractivity contribution in [3.05, 3.63) is 11.4 Å². The lowest BCUT2D eigenvalue weighted by molar-refractivity contribution is -0.145. The first-order chi connectivity index (χ1) is 8.56. The van der Waals surface area contributed by atoms with Crippen LogP contribution in [0.1, 0.15) is 29.0 Å². The number of amides is 1. The summed E-state index contributed by atoms with van der Waals surface area (Å²) in [4.78, 5) is 25.3. The van der Waals surface area contributed by atoms with Crippen molar-refractivity contribution in [2.45, 2.75) is 25.8 Å². The van der Waals surface area contributed by atoms with Gasteiger partial charge in [-0.25, -0.2) is 4.79 Å². The topological polar surface area (TPSA) is 101 Å². The fourth-order valence-electron chi connectivity index (χ4n) is 2.13. The highest BCUT2D eigenvalue weighted by Gasteiger charge is 2.36. The highest BCUT2D eigenvalue weighted by molar-refractivity contribution is 5.99. The second kappa shape index (κ2) is 4.67. The number of carbonyl (C=O) groups is 2. The van der Waals surface area contributed by atoms with Crippen LogP contribution in [-0.4, -0.2) is 46.7 Å². The van der Waals surface area contributed by atoms with Crippen molar-refractivity contribution in [2.24, 2.45) is 0 Å².